The molecule has 0 saturated heterocycles. The molecule has 28 valence electrons. The average Bonchev–Trinajstić information content (AvgIpc) is 1.72. The Balaban J connectivity index is 3.00. The zero-order chi connectivity index (χ0) is 4.24. The first-order valence-electron chi connectivity index (χ1n) is 1.70. The molecule has 2 nitrogen and oxygen atoms in total. The Labute approximate surface area is 36.5 Å². The molecule has 0 amide bonds. The van der Waals surface area contributed by atoms with Crippen molar-refractivity contribution >= 4 is 7.05 Å². The van der Waals surface area contributed by atoms with Crippen LogP contribution in [0.4, 0.5) is 0 Å². The average molecular weight is 77.9 g/mol. The molecule has 0 N–H and O–H groups in total. The molecule has 0 aliphatic rings. The Morgan fingerprint density at radius 2 is 2.50 bits per heavy atom. The zero-order valence-electron chi connectivity index (χ0n) is 3.20. The van der Waals surface area contributed by atoms with Gasteiger partial charge in [0, 0.05) is 0 Å². The summed E-state index contributed by atoms with van der Waals surface area (Å²) in [4.78, 5) is 7.35. The third kappa shape index (κ3) is 0.609. The summed E-state index contributed by atoms with van der Waals surface area (Å²) in [7, 11) is 1.69. The summed E-state index contributed by atoms with van der Waals surface area (Å²) in [6.45, 7) is 0. The Bertz CT molecular complexity index is 80.7. The van der Waals surface area contributed by atoms with E-state index in [9.17, 15) is 0 Å². The molecule has 0 spiro atoms. The standard InChI is InChI=1S/C3H3BN2/c1-2-5-3-6-4-1/h1-3H. The molecule has 6 heavy (non-hydrogen) atoms. The molecule has 1 aromatic rings. The van der Waals surface area contributed by atoms with Gasteiger partial charge in [-0.25, -0.2) is 0 Å². The van der Waals surface area contributed by atoms with E-state index >= 15 is 0 Å². The van der Waals surface area contributed by atoms with Gasteiger partial charge in [-0.1, -0.05) is 0 Å². The predicted molar refractivity (Wildman–Crippen MR) is 23.4 cm³/mol. The molecule has 0 atom stereocenters. The molecular weight excluding hydrogens is 74.9 g/mol. The van der Waals surface area contributed by atoms with E-state index in [-0.39, 0.29) is 0 Å². The fourth-order valence-electron chi connectivity index (χ4n) is 0.253. The summed E-state index contributed by atoms with van der Waals surface area (Å²) in [5, 5.41) is 0. The van der Waals surface area contributed by atoms with E-state index in [0.29, 0.717) is 0 Å². The first kappa shape index (κ1) is 3.46. The fraction of sp³-hybridized carbons (Fsp3) is 0. The number of aromatic nitrogens is 2. The second-order valence-corrected chi connectivity index (χ2v) is 0.904. The van der Waals surface area contributed by atoms with Crippen LogP contribution in [0.15, 0.2) is 18.5 Å². The van der Waals surface area contributed by atoms with E-state index in [1.807, 2.05) is 0 Å². The van der Waals surface area contributed by atoms with Gasteiger partial charge in [0.1, 0.15) is 0 Å². The van der Waals surface area contributed by atoms with Gasteiger partial charge in [0.05, 0.1) is 0 Å². The second kappa shape index (κ2) is 1.65. The van der Waals surface area contributed by atoms with Gasteiger partial charge in [0.25, 0.3) is 0 Å². The number of hydrogen-bond acceptors (Lipinski definition) is 2. The van der Waals surface area contributed by atoms with E-state index in [4.69, 9.17) is 0 Å². The SMILES string of the molecule is b1ccncn1. The number of rotatable bonds is 0. The van der Waals surface area contributed by atoms with Gasteiger partial charge < -0.3 is 0 Å². The topological polar surface area (TPSA) is 25.8 Å². The van der Waals surface area contributed by atoms with Gasteiger partial charge in [-0.05, 0) is 0 Å². The second-order valence-electron chi connectivity index (χ2n) is 0.904. The molecule has 3 heteroatoms. The normalized spacial score (nSPS) is 7.33. The summed E-state index contributed by atoms with van der Waals surface area (Å²) >= 11 is 0. The third-order valence-corrected chi connectivity index (χ3v) is 0.478. The van der Waals surface area contributed by atoms with Crippen LogP contribution in [0, 0.1) is 0 Å². The van der Waals surface area contributed by atoms with Crippen molar-refractivity contribution in [3.63, 3.8) is 0 Å². The van der Waals surface area contributed by atoms with E-state index < -0.39 is 0 Å². The minimum atomic E-state index is 1.50. The van der Waals surface area contributed by atoms with Crippen LogP contribution in [0.2, 0.25) is 0 Å². The number of hydrogen-bond donors (Lipinski definition) is 0. The minimum absolute atomic E-state index is 1.50. The molecule has 0 aliphatic heterocycles. The molecule has 1 heterocycles. The van der Waals surface area contributed by atoms with E-state index in [2.05, 4.69) is 9.88 Å². The van der Waals surface area contributed by atoms with Crippen molar-refractivity contribution in [3.8, 4) is 0 Å². The monoisotopic (exact) mass is 78.0 g/mol. The first-order valence-corrected chi connectivity index (χ1v) is 1.70. The van der Waals surface area contributed by atoms with Crippen molar-refractivity contribution < 1.29 is 0 Å². The van der Waals surface area contributed by atoms with Crippen molar-refractivity contribution in [1.29, 1.82) is 0 Å². The summed E-state index contributed by atoms with van der Waals surface area (Å²) in [5.41, 5.74) is 0. The molecule has 0 bridgehead atoms. The van der Waals surface area contributed by atoms with Crippen molar-refractivity contribution in [2.24, 2.45) is 0 Å². The van der Waals surface area contributed by atoms with Crippen LogP contribution in [-0.2, 0) is 0 Å². The maximum absolute atomic E-state index is 3.67. The van der Waals surface area contributed by atoms with Gasteiger partial charge in [-0.15, -0.1) is 0 Å². The molecule has 1 rings (SSSR count). The number of nitrogens with zero attached hydrogens (tertiary/aromatic N) is 2. The Hall–Kier alpha value is -0.725. The first-order chi connectivity index (χ1) is 3.00. The quantitative estimate of drug-likeness (QED) is 0.430. The molecule has 0 radical (unpaired) electrons. The van der Waals surface area contributed by atoms with E-state index in [0.717, 1.165) is 0 Å². The summed E-state index contributed by atoms with van der Waals surface area (Å²) in [6, 6.07) is 0. The van der Waals surface area contributed by atoms with Crippen LogP contribution in [0.25, 0.3) is 0 Å². The Morgan fingerprint density at radius 1 is 1.50 bits per heavy atom. The van der Waals surface area contributed by atoms with Crippen molar-refractivity contribution in [3.05, 3.63) is 18.5 Å². The molecule has 0 saturated carbocycles. The fourth-order valence-corrected chi connectivity index (χ4v) is 0.253. The van der Waals surface area contributed by atoms with Crippen molar-refractivity contribution in [1.82, 2.24) is 9.88 Å². The predicted octanol–water partition coefficient (Wildman–Crippen LogP) is -0.185. The van der Waals surface area contributed by atoms with Crippen molar-refractivity contribution in [2.75, 3.05) is 0 Å². The third-order valence-electron chi connectivity index (χ3n) is 0.478. The molecule has 0 unspecified atom stereocenters. The van der Waals surface area contributed by atoms with Crippen molar-refractivity contribution in [2.45, 2.75) is 0 Å². The van der Waals surface area contributed by atoms with Gasteiger partial charge in [0.2, 0.25) is 0 Å². The van der Waals surface area contributed by atoms with Crippen LogP contribution in [-0.4, -0.2) is 16.9 Å². The zero-order valence-corrected chi connectivity index (χ0v) is 3.20. The Morgan fingerprint density at radius 3 is 2.67 bits per heavy atom. The molecule has 0 aliphatic carbocycles. The van der Waals surface area contributed by atoms with Gasteiger partial charge >= 0.3 is 35.4 Å². The van der Waals surface area contributed by atoms with E-state index in [1.54, 1.807) is 19.2 Å². The van der Waals surface area contributed by atoms with Gasteiger partial charge in [-0.2, -0.15) is 0 Å². The van der Waals surface area contributed by atoms with Crippen LogP contribution >= 0.6 is 0 Å². The van der Waals surface area contributed by atoms with Gasteiger partial charge in [0.15, 0.2) is 0 Å². The van der Waals surface area contributed by atoms with Crippen LogP contribution in [0.5, 0.6) is 0 Å². The van der Waals surface area contributed by atoms with Crippen LogP contribution in [0.1, 0.15) is 0 Å². The van der Waals surface area contributed by atoms with Gasteiger partial charge in [-0.3, -0.25) is 0 Å². The van der Waals surface area contributed by atoms with Crippen LogP contribution < -0.4 is 0 Å². The molecule has 0 aromatic carbocycles. The van der Waals surface area contributed by atoms with E-state index in [1.165, 1.54) is 6.33 Å². The summed E-state index contributed by atoms with van der Waals surface area (Å²) < 4.78 is 0. The Kier molecular flexibility index (Phi) is 0.951. The molecular formula is C3H3BN2. The summed E-state index contributed by atoms with van der Waals surface area (Å²) in [5.74, 6) is 1.78. The molecule has 0 fully saturated rings. The summed E-state index contributed by atoms with van der Waals surface area (Å²) in [6.07, 6.45) is 3.19. The van der Waals surface area contributed by atoms with Crippen LogP contribution in [0.3, 0.4) is 0 Å². The molecule has 1 aromatic heterocycles. The maximum atomic E-state index is 3.67.